The van der Waals surface area contributed by atoms with E-state index < -0.39 is 16.1 Å². The van der Waals surface area contributed by atoms with Crippen molar-refractivity contribution in [1.82, 2.24) is 9.97 Å². The van der Waals surface area contributed by atoms with Crippen molar-refractivity contribution in [3.63, 3.8) is 0 Å². The van der Waals surface area contributed by atoms with Gasteiger partial charge < -0.3 is 14.9 Å². The number of nitrogens with zero attached hydrogens (tertiary/aromatic N) is 2. The zero-order valence-corrected chi connectivity index (χ0v) is 38.5. The molecule has 2 radical (unpaired) electrons. The Morgan fingerprint density at radius 3 is 1.21 bits per heavy atom. The average Bonchev–Trinajstić information content (AvgIpc) is 3.74. The van der Waals surface area contributed by atoms with Crippen molar-refractivity contribution in [2.24, 2.45) is 0 Å². The summed E-state index contributed by atoms with van der Waals surface area (Å²) in [6, 6.07) is 44.1. The molecular formula is C44H48Cl2N2Si3Zr-4. The van der Waals surface area contributed by atoms with Crippen LogP contribution in [0.5, 0.6) is 0 Å². The Bertz CT molecular complexity index is 2210. The van der Waals surface area contributed by atoms with Crippen LogP contribution in [-0.2, 0) is 23.3 Å². The Hall–Kier alpha value is -2.97. The summed E-state index contributed by atoms with van der Waals surface area (Å²) in [4.78, 5) is 9.18. The first kappa shape index (κ1) is 45.2. The fourth-order valence-electron chi connectivity index (χ4n) is 6.29. The van der Waals surface area contributed by atoms with E-state index in [0.717, 1.165) is 11.0 Å². The number of halogens is 2. The van der Waals surface area contributed by atoms with Crippen LogP contribution in [0.1, 0.15) is 0 Å². The molecule has 0 N–H and O–H groups in total. The summed E-state index contributed by atoms with van der Waals surface area (Å²) < 4.78 is 0. The van der Waals surface area contributed by atoms with Gasteiger partial charge in [0.1, 0.15) is 0 Å². The van der Waals surface area contributed by atoms with Gasteiger partial charge in [0.15, 0.2) is 0 Å². The summed E-state index contributed by atoms with van der Waals surface area (Å²) in [6.07, 6.45) is 3.74. The number of benzene rings is 4. The van der Waals surface area contributed by atoms with Crippen molar-refractivity contribution >= 4 is 102 Å². The number of pyridine rings is 2. The van der Waals surface area contributed by atoms with E-state index >= 15 is 0 Å². The molecule has 0 unspecified atom stereocenters. The van der Waals surface area contributed by atoms with Crippen molar-refractivity contribution in [3.05, 3.63) is 149 Å². The molecule has 0 fully saturated rings. The Balaban J connectivity index is 0.000000320. The molecule has 0 saturated carbocycles. The molecule has 0 atom stereocenters. The summed E-state index contributed by atoms with van der Waals surface area (Å²) in [7, 11) is -2.54. The van der Waals surface area contributed by atoms with Crippen molar-refractivity contribution in [3.8, 4) is 22.3 Å². The van der Waals surface area contributed by atoms with Crippen LogP contribution < -0.4 is 10.4 Å². The van der Waals surface area contributed by atoms with Gasteiger partial charge in [-0.1, -0.05) is 111 Å². The number of hydrogen-bond donors (Lipinski definition) is 0. The van der Waals surface area contributed by atoms with E-state index in [2.05, 4.69) is 165 Å². The molecule has 2 heterocycles. The summed E-state index contributed by atoms with van der Waals surface area (Å²) in [5, 5.41) is 10.8. The van der Waals surface area contributed by atoms with Crippen LogP contribution in [0, 0.1) is 14.9 Å². The van der Waals surface area contributed by atoms with Crippen LogP contribution >= 0.6 is 24.8 Å². The summed E-state index contributed by atoms with van der Waals surface area (Å²) in [6.45, 7) is 17.5. The number of rotatable bonds is 4. The monoisotopic (exact) mass is 848 g/mol. The molecule has 0 saturated heterocycles. The fraction of sp³-hybridized carbons (Fsp3) is 0.136. The predicted molar refractivity (Wildman–Crippen MR) is 240 cm³/mol. The van der Waals surface area contributed by atoms with Gasteiger partial charge in [-0.25, -0.2) is 0 Å². The molecule has 0 bridgehead atoms. The van der Waals surface area contributed by atoms with Crippen LogP contribution in [0.3, 0.4) is 0 Å². The molecule has 2 nitrogen and oxygen atoms in total. The van der Waals surface area contributed by atoms with Crippen LogP contribution in [0.2, 0.25) is 39.3 Å². The zero-order chi connectivity index (χ0) is 34.1. The molecular weight excluding hydrogens is 803 g/mol. The predicted octanol–water partition coefficient (Wildman–Crippen LogP) is 12.0. The van der Waals surface area contributed by atoms with Crippen molar-refractivity contribution in [2.45, 2.75) is 39.3 Å². The van der Waals surface area contributed by atoms with Crippen LogP contribution in [0.25, 0.3) is 65.6 Å². The Kier molecular flexibility index (Phi) is 16.4. The van der Waals surface area contributed by atoms with Crippen LogP contribution in [-0.4, -0.2) is 33.0 Å². The third-order valence-electron chi connectivity index (χ3n) is 9.04. The molecule has 8 heteroatoms. The van der Waals surface area contributed by atoms with Gasteiger partial charge in [-0.15, -0.1) is 93.1 Å². The van der Waals surface area contributed by atoms with Crippen molar-refractivity contribution < 1.29 is 23.3 Å². The van der Waals surface area contributed by atoms with E-state index in [1.165, 1.54) is 88.3 Å². The Morgan fingerprint density at radius 1 is 0.481 bits per heavy atom. The van der Waals surface area contributed by atoms with Crippen LogP contribution in [0.4, 0.5) is 0 Å². The molecule has 8 rings (SSSR count). The first-order valence-corrected chi connectivity index (χ1v) is 27.6. The molecule has 8 aromatic rings. The van der Waals surface area contributed by atoms with Gasteiger partial charge in [0, 0.05) is 23.2 Å². The molecule has 0 aliphatic heterocycles. The van der Waals surface area contributed by atoms with Gasteiger partial charge in [-0.05, 0) is 23.3 Å². The molecule has 52 heavy (non-hydrogen) atoms. The topological polar surface area (TPSA) is 25.8 Å². The molecule has 0 amide bonds. The van der Waals surface area contributed by atoms with Gasteiger partial charge >= 0.3 is 30.2 Å². The molecule has 0 aliphatic rings. The number of aromatic nitrogens is 2. The molecule has 0 aliphatic carbocycles. The van der Waals surface area contributed by atoms with Gasteiger partial charge in [0.05, 0.1) is 27.2 Å². The normalized spacial score (nSPS) is 10.8. The van der Waals surface area contributed by atoms with E-state index in [4.69, 9.17) is 0 Å². The Morgan fingerprint density at radius 2 is 0.846 bits per heavy atom. The summed E-state index contributed by atoms with van der Waals surface area (Å²) >= 11 is 1.36. The Labute approximate surface area is 342 Å². The van der Waals surface area contributed by atoms with Gasteiger partial charge in [-0.2, -0.15) is 12.1 Å². The summed E-state index contributed by atoms with van der Waals surface area (Å²) in [5.41, 5.74) is 7.06. The van der Waals surface area contributed by atoms with E-state index in [1.54, 1.807) is 0 Å². The summed E-state index contributed by atoms with van der Waals surface area (Å²) in [5.74, 6) is 0. The second-order valence-corrected chi connectivity index (χ2v) is 24.6. The van der Waals surface area contributed by atoms with Gasteiger partial charge in [0.25, 0.3) is 0 Å². The first-order chi connectivity index (χ1) is 23.0. The van der Waals surface area contributed by atoms with E-state index in [-0.39, 0.29) is 39.7 Å². The average molecular weight is 851 g/mol. The fourth-order valence-corrected chi connectivity index (χ4v) is 8.65. The second kappa shape index (κ2) is 18.9. The van der Waals surface area contributed by atoms with E-state index in [0.29, 0.717) is 0 Å². The second-order valence-electron chi connectivity index (χ2n) is 14.4. The molecule has 268 valence electrons. The third kappa shape index (κ3) is 9.76. The van der Waals surface area contributed by atoms with Gasteiger partial charge in [-0.3, -0.25) is 9.97 Å². The molecule has 6 aromatic carbocycles. The zero-order valence-electron chi connectivity index (χ0n) is 31.4. The van der Waals surface area contributed by atoms with E-state index in [1.807, 2.05) is 24.5 Å². The van der Waals surface area contributed by atoms with E-state index in [9.17, 15) is 0 Å². The van der Waals surface area contributed by atoms with Gasteiger partial charge in [0.2, 0.25) is 0 Å². The maximum atomic E-state index is 4.59. The standard InChI is InChI=1S/2C21H20NSi.2CH3.2ClH.Si.Zr/c2*1-23(2,3)19-13-16-9-10-17(12-18(16)14-19)20-8-4-6-15-7-5-11-22-21(15)20;;;;;;/h2*4-14H,1-3H3;2*1H3;2*1H;;/q4*-1;;;;. The van der Waals surface area contributed by atoms with Crippen molar-refractivity contribution in [2.75, 3.05) is 0 Å². The maximum absolute atomic E-state index is 4.59. The number of hydrogen-bond acceptors (Lipinski definition) is 2. The molecule has 2 aromatic heterocycles. The minimum absolute atomic E-state index is 0. The van der Waals surface area contributed by atoms with Crippen LogP contribution in [0.15, 0.2) is 134 Å². The van der Waals surface area contributed by atoms with Crippen molar-refractivity contribution in [1.29, 1.82) is 0 Å². The minimum atomic E-state index is -1.27. The first-order valence-electron chi connectivity index (χ1n) is 16.4. The molecule has 0 spiro atoms. The number of para-hydroxylation sites is 2. The quantitative estimate of drug-likeness (QED) is 0.130. The number of fused-ring (bicyclic) bond motifs is 4. The third-order valence-corrected chi connectivity index (χ3v) is 13.1. The SMILES string of the molecule is C[Si](C)(C)c1cc2ccc(-c3cccc4cccnc34)cc2[cH-]1.C[Si](C)(C)c1cc2ccc(-c3cccc4cccnc34)cc2[cH-]1.Cl.Cl.[CH3-].[CH3-].[Si]=[Zr].